The van der Waals surface area contributed by atoms with Crippen LogP contribution < -0.4 is 0 Å². The Balaban J connectivity index is 2.20. The fourth-order valence-electron chi connectivity index (χ4n) is 1.64. The van der Waals surface area contributed by atoms with Crippen LogP contribution in [0, 0.1) is 11.3 Å². The van der Waals surface area contributed by atoms with Gasteiger partial charge in [-0.25, -0.2) is 0 Å². The summed E-state index contributed by atoms with van der Waals surface area (Å²) in [6.45, 7) is 5.02. The molecule has 2 nitrogen and oxygen atoms in total. The Hall–Kier alpha value is 0.0400. The molecule has 0 unspecified atom stereocenters. The molecule has 1 saturated heterocycles. The normalized spacial score (nSPS) is 32.3. The quantitative estimate of drug-likeness (QED) is 0.670. The Kier molecular flexibility index (Phi) is 2.45. The standard InChI is InChI=1S/C9H13NOS2/c1-9(2)6(5-13-8(9)11)7-10-3-4-12-7/h6H,3-5H2,1-2H3/t6-/m1/s1. The lowest BCUT2D eigenvalue weighted by molar-refractivity contribution is -0.118. The second-order valence-electron chi connectivity index (χ2n) is 3.94. The molecule has 0 saturated carbocycles. The number of rotatable bonds is 1. The first kappa shape index (κ1) is 9.59. The molecule has 0 aromatic rings. The van der Waals surface area contributed by atoms with E-state index >= 15 is 0 Å². The summed E-state index contributed by atoms with van der Waals surface area (Å²) in [5.74, 6) is 2.40. The van der Waals surface area contributed by atoms with Crippen LogP contribution in [0.3, 0.4) is 0 Å². The second kappa shape index (κ2) is 3.31. The fourth-order valence-corrected chi connectivity index (χ4v) is 4.30. The lowest BCUT2D eigenvalue weighted by Crippen LogP contribution is -2.29. The molecule has 0 bridgehead atoms. The van der Waals surface area contributed by atoms with E-state index in [2.05, 4.69) is 4.99 Å². The molecule has 0 aliphatic carbocycles. The van der Waals surface area contributed by atoms with Gasteiger partial charge in [-0.1, -0.05) is 25.6 Å². The maximum absolute atomic E-state index is 11.6. The van der Waals surface area contributed by atoms with Crippen LogP contribution in [0.2, 0.25) is 0 Å². The van der Waals surface area contributed by atoms with Gasteiger partial charge in [-0.05, 0) is 0 Å². The summed E-state index contributed by atoms with van der Waals surface area (Å²) < 4.78 is 0. The van der Waals surface area contributed by atoms with E-state index in [4.69, 9.17) is 0 Å². The smallest absolute Gasteiger partial charge is 0.195 e. The minimum Gasteiger partial charge on any atom is -0.287 e. The molecule has 0 radical (unpaired) electrons. The number of thioether (sulfide) groups is 2. The number of nitrogens with zero attached hydrogens (tertiary/aromatic N) is 1. The maximum atomic E-state index is 11.6. The van der Waals surface area contributed by atoms with Gasteiger partial charge in [0, 0.05) is 29.4 Å². The largest absolute Gasteiger partial charge is 0.287 e. The van der Waals surface area contributed by atoms with Crippen molar-refractivity contribution >= 4 is 33.7 Å². The van der Waals surface area contributed by atoms with Crippen molar-refractivity contribution in [3.8, 4) is 0 Å². The van der Waals surface area contributed by atoms with Crippen molar-refractivity contribution in [1.82, 2.24) is 0 Å². The van der Waals surface area contributed by atoms with Crippen LogP contribution in [0.25, 0.3) is 0 Å². The van der Waals surface area contributed by atoms with E-state index in [1.54, 1.807) is 0 Å². The molecule has 1 fully saturated rings. The van der Waals surface area contributed by atoms with Gasteiger partial charge in [-0.2, -0.15) is 0 Å². The average Bonchev–Trinajstić information content (AvgIpc) is 2.62. The van der Waals surface area contributed by atoms with E-state index in [0.29, 0.717) is 11.0 Å². The Labute approximate surface area is 87.0 Å². The molecule has 2 aliphatic heterocycles. The SMILES string of the molecule is CC1(C)C(=O)SC[C@@H]1C1=NCCS1. The highest BCUT2D eigenvalue weighted by Crippen LogP contribution is 2.45. The third-order valence-electron chi connectivity index (χ3n) is 2.69. The van der Waals surface area contributed by atoms with Crippen molar-refractivity contribution in [1.29, 1.82) is 0 Å². The molecule has 0 N–H and O–H groups in total. The summed E-state index contributed by atoms with van der Waals surface area (Å²) in [7, 11) is 0. The number of carbonyl (C=O) groups is 1. The first-order chi connectivity index (χ1) is 6.12. The van der Waals surface area contributed by atoms with Gasteiger partial charge in [0.15, 0.2) is 5.12 Å². The van der Waals surface area contributed by atoms with Gasteiger partial charge in [-0.15, -0.1) is 11.8 Å². The second-order valence-corrected chi connectivity index (χ2v) is 6.05. The van der Waals surface area contributed by atoms with Crippen LogP contribution in [-0.4, -0.2) is 28.2 Å². The van der Waals surface area contributed by atoms with Gasteiger partial charge in [0.05, 0.1) is 5.04 Å². The Bertz CT molecular complexity index is 273. The summed E-state index contributed by atoms with van der Waals surface area (Å²) in [6.07, 6.45) is 0. The van der Waals surface area contributed by atoms with Gasteiger partial charge in [-0.3, -0.25) is 9.79 Å². The Morgan fingerprint density at radius 2 is 2.23 bits per heavy atom. The van der Waals surface area contributed by atoms with E-state index in [1.165, 1.54) is 16.8 Å². The van der Waals surface area contributed by atoms with Crippen LogP contribution in [0.4, 0.5) is 0 Å². The molecule has 2 rings (SSSR count). The van der Waals surface area contributed by atoms with Crippen LogP contribution in [0.15, 0.2) is 4.99 Å². The molecular weight excluding hydrogens is 202 g/mol. The van der Waals surface area contributed by atoms with Crippen LogP contribution >= 0.6 is 23.5 Å². The topological polar surface area (TPSA) is 29.4 Å². The van der Waals surface area contributed by atoms with Crippen LogP contribution in [0.5, 0.6) is 0 Å². The molecule has 2 heterocycles. The average molecular weight is 215 g/mol. The summed E-state index contributed by atoms with van der Waals surface area (Å²) in [4.78, 5) is 16.0. The summed E-state index contributed by atoms with van der Waals surface area (Å²) >= 11 is 3.29. The number of aliphatic imine (C=N–C) groups is 1. The summed E-state index contributed by atoms with van der Waals surface area (Å²) in [5.41, 5.74) is -0.194. The third-order valence-corrected chi connectivity index (χ3v) is 5.07. The van der Waals surface area contributed by atoms with Crippen molar-refractivity contribution in [3.05, 3.63) is 0 Å². The van der Waals surface area contributed by atoms with E-state index < -0.39 is 0 Å². The predicted octanol–water partition coefficient (Wildman–Crippen LogP) is 2.05. The molecular formula is C9H13NOS2. The van der Waals surface area contributed by atoms with E-state index in [9.17, 15) is 4.79 Å². The van der Waals surface area contributed by atoms with Gasteiger partial charge < -0.3 is 0 Å². The maximum Gasteiger partial charge on any atom is 0.195 e. The molecule has 13 heavy (non-hydrogen) atoms. The highest BCUT2D eigenvalue weighted by molar-refractivity contribution is 8.15. The molecule has 0 aromatic heterocycles. The Morgan fingerprint density at radius 3 is 2.69 bits per heavy atom. The number of hydrogen-bond donors (Lipinski definition) is 0. The van der Waals surface area contributed by atoms with Crippen molar-refractivity contribution in [2.45, 2.75) is 13.8 Å². The molecule has 0 spiro atoms. The lowest BCUT2D eigenvalue weighted by atomic mass is 9.82. The van der Waals surface area contributed by atoms with Crippen molar-refractivity contribution < 1.29 is 4.79 Å². The van der Waals surface area contributed by atoms with E-state index in [-0.39, 0.29) is 5.41 Å². The van der Waals surface area contributed by atoms with Gasteiger partial charge >= 0.3 is 0 Å². The van der Waals surface area contributed by atoms with Crippen LogP contribution in [-0.2, 0) is 4.79 Å². The highest BCUT2D eigenvalue weighted by atomic mass is 32.2. The van der Waals surface area contributed by atoms with Crippen molar-refractivity contribution in [3.63, 3.8) is 0 Å². The minimum absolute atomic E-state index is 0.194. The summed E-state index contributed by atoms with van der Waals surface area (Å²) in [5, 5.41) is 1.54. The first-order valence-electron chi connectivity index (χ1n) is 4.47. The number of carbonyl (C=O) groups excluding carboxylic acids is 1. The van der Waals surface area contributed by atoms with E-state index in [1.807, 2.05) is 25.6 Å². The monoisotopic (exact) mass is 215 g/mol. The lowest BCUT2D eigenvalue weighted by Gasteiger charge is -2.23. The first-order valence-corrected chi connectivity index (χ1v) is 6.44. The predicted molar refractivity (Wildman–Crippen MR) is 59.5 cm³/mol. The minimum atomic E-state index is -0.194. The highest BCUT2D eigenvalue weighted by Gasteiger charge is 2.46. The van der Waals surface area contributed by atoms with Gasteiger partial charge in [0.25, 0.3) is 0 Å². The van der Waals surface area contributed by atoms with E-state index in [0.717, 1.165) is 18.1 Å². The fraction of sp³-hybridized carbons (Fsp3) is 0.778. The van der Waals surface area contributed by atoms with Crippen molar-refractivity contribution in [2.24, 2.45) is 16.3 Å². The third kappa shape index (κ3) is 1.54. The van der Waals surface area contributed by atoms with Gasteiger partial charge in [0.2, 0.25) is 0 Å². The number of hydrogen-bond acceptors (Lipinski definition) is 4. The summed E-state index contributed by atoms with van der Waals surface area (Å²) in [6, 6.07) is 0. The molecule has 4 heteroatoms. The van der Waals surface area contributed by atoms with Crippen LogP contribution in [0.1, 0.15) is 13.8 Å². The molecule has 1 atom stereocenters. The molecule has 0 amide bonds. The van der Waals surface area contributed by atoms with Crippen molar-refractivity contribution in [2.75, 3.05) is 18.1 Å². The Morgan fingerprint density at radius 1 is 1.46 bits per heavy atom. The molecule has 72 valence electrons. The zero-order chi connectivity index (χ0) is 9.47. The zero-order valence-corrected chi connectivity index (χ0v) is 9.50. The zero-order valence-electron chi connectivity index (χ0n) is 7.87. The van der Waals surface area contributed by atoms with Gasteiger partial charge in [0.1, 0.15) is 0 Å². The molecule has 0 aromatic carbocycles. The molecule has 2 aliphatic rings.